The van der Waals surface area contributed by atoms with E-state index in [1.165, 1.54) is 0 Å². The number of hydrogen-bond acceptors (Lipinski definition) is 3. The molecule has 0 saturated heterocycles. The number of benzene rings is 1. The second-order valence-electron chi connectivity index (χ2n) is 5.24. The van der Waals surface area contributed by atoms with Crippen molar-refractivity contribution >= 4 is 5.91 Å². The third kappa shape index (κ3) is 3.26. The standard InChI is InChI=1S/C15H22N2O2/c1-10(13-5-3-4-6-14(13)19-2)17-15(18)11-7-8-12(16)9-11/h3-6,10-12H,7-9,16H2,1-2H3,(H,17,18)/t10-,11?,12?/m1/s1. The number of amides is 1. The van der Waals surface area contributed by atoms with Crippen LogP contribution in [0.5, 0.6) is 5.75 Å². The van der Waals surface area contributed by atoms with Crippen LogP contribution < -0.4 is 15.8 Å². The van der Waals surface area contributed by atoms with Crippen molar-refractivity contribution in [2.45, 2.75) is 38.3 Å². The molecule has 1 aliphatic rings. The van der Waals surface area contributed by atoms with Crippen LogP contribution in [0.25, 0.3) is 0 Å². The second-order valence-corrected chi connectivity index (χ2v) is 5.24. The first kappa shape index (κ1) is 13.9. The van der Waals surface area contributed by atoms with Gasteiger partial charge < -0.3 is 15.8 Å². The predicted molar refractivity (Wildman–Crippen MR) is 74.9 cm³/mol. The highest BCUT2D eigenvalue weighted by Gasteiger charge is 2.28. The fraction of sp³-hybridized carbons (Fsp3) is 0.533. The molecular formula is C15H22N2O2. The lowest BCUT2D eigenvalue weighted by molar-refractivity contribution is -0.125. The molecular weight excluding hydrogens is 240 g/mol. The van der Waals surface area contributed by atoms with E-state index in [1.807, 2.05) is 31.2 Å². The molecule has 0 heterocycles. The molecule has 1 amide bonds. The first-order chi connectivity index (χ1) is 9.11. The van der Waals surface area contributed by atoms with Gasteiger partial charge in [-0.05, 0) is 32.3 Å². The first-order valence-electron chi connectivity index (χ1n) is 6.80. The van der Waals surface area contributed by atoms with Gasteiger partial charge in [0, 0.05) is 17.5 Å². The maximum atomic E-state index is 12.2. The quantitative estimate of drug-likeness (QED) is 0.872. The second kappa shape index (κ2) is 6.06. The minimum absolute atomic E-state index is 0.0551. The summed E-state index contributed by atoms with van der Waals surface area (Å²) in [6.07, 6.45) is 2.64. The van der Waals surface area contributed by atoms with Crippen LogP contribution in [0.3, 0.4) is 0 Å². The molecule has 3 atom stereocenters. The van der Waals surface area contributed by atoms with E-state index in [0.717, 1.165) is 30.6 Å². The topological polar surface area (TPSA) is 64.3 Å². The fourth-order valence-corrected chi connectivity index (χ4v) is 2.69. The van der Waals surface area contributed by atoms with Crippen LogP contribution in [0.2, 0.25) is 0 Å². The van der Waals surface area contributed by atoms with E-state index < -0.39 is 0 Å². The van der Waals surface area contributed by atoms with E-state index in [-0.39, 0.29) is 23.9 Å². The van der Waals surface area contributed by atoms with E-state index in [0.29, 0.717) is 0 Å². The fourth-order valence-electron chi connectivity index (χ4n) is 2.69. The Kier molecular flexibility index (Phi) is 4.43. The Labute approximate surface area is 114 Å². The highest BCUT2D eigenvalue weighted by Crippen LogP contribution is 2.27. The summed E-state index contributed by atoms with van der Waals surface area (Å²) in [5.74, 6) is 0.969. The molecule has 0 bridgehead atoms. The van der Waals surface area contributed by atoms with Gasteiger partial charge in [0.25, 0.3) is 0 Å². The zero-order chi connectivity index (χ0) is 13.8. The molecule has 104 valence electrons. The highest BCUT2D eigenvalue weighted by molar-refractivity contribution is 5.79. The van der Waals surface area contributed by atoms with Gasteiger partial charge in [-0.2, -0.15) is 0 Å². The van der Waals surface area contributed by atoms with Crippen LogP contribution in [0, 0.1) is 5.92 Å². The highest BCUT2D eigenvalue weighted by atomic mass is 16.5. The van der Waals surface area contributed by atoms with E-state index in [4.69, 9.17) is 10.5 Å². The Morgan fingerprint density at radius 1 is 1.42 bits per heavy atom. The van der Waals surface area contributed by atoms with Gasteiger partial charge in [-0.1, -0.05) is 18.2 Å². The lowest BCUT2D eigenvalue weighted by Crippen LogP contribution is -2.32. The Morgan fingerprint density at radius 3 is 2.79 bits per heavy atom. The minimum Gasteiger partial charge on any atom is -0.496 e. The number of hydrogen-bond donors (Lipinski definition) is 2. The molecule has 0 radical (unpaired) electrons. The normalized spacial score (nSPS) is 23.9. The van der Waals surface area contributed by atoms with Crippen LogP contribution in [0.15, 0.2) is 24.3 Å². The predicted octanol–water partition coefficient (Wildman–Crippen LogP) is 2.00. The molecule has 1 saturated carbocycles. The summed E-state index contributed by atoms with van der Waals surface area (Å²) in [6, 6.07) is 7.88. The SMILES string of the molecule is COc1ccccc1[C@@H](C)NC(=O)C1CCC(N)C1. The van der Waals surface area contributed by atoms with Crippen molar-refractivity contribution in [1.82, 2.24) is 5.32 Å². The summed E-state index contributed by atoms with van der Waals surface area (Å²) in [5, 5.41) is 3.06. The summed E-state index contributed by atoms with van der Waals surface area (Å²) >= 11 is 0. The van der Waals surface area contributed by atoms with Gasteiger partial charge in [0.05, 0.1) is 13.2 Å². The average molecular weight is 262 g/mol. The van der Waals surface area contributed by atoms with Gasteiger partial charge in [-0.25, -0.2) is 0 Å². The van der Waals surface area contributed by atoms with E-state index in [1.54, 1.807) is 7.11 Å². The molecule has 1 aromatic rings. The lowest BCUT2D eigenvalue weighted by atomic mass is 10.0. The van der Waals surface area contributed by atoms with Crippen molar-refractivity contribution < 1.29 is 9.53 Å². The summed E-state index contributed by atoms with van der Waals surface area (Å²) in [4.78, 5) is 12.2. The summed E-state index contributed by atoms with van der Waals surface area (Å²) in [5.41, 5.74) is 6.85. The molecule has 0 aliphatic heterocycles. The molecule has 1 fully saturated rings. The molecule has 4 nitrogen and oxygen atoms in total. The molecule has 2 unspecified atom stereocenters. The Balaban J connectivity index is 2.00. The Hall–Kier alpha value is -1.55. The van der Waals surface area contributed by atoms with Crippen molar-refractivity contribution in [1.29, 1.82) is 0 Å². The molecule has 1 aliphatic carbocycles. The lowest BCUT2D eigenvalue weighted by Gasteiger charge is -2.19. The first-order valence-corrected chi connectivity index (χ1v) is 6.80. The smallest absolute Gasteiger partial charge is 0.223 e. The number of carbonyl (C=O) groups is 1. The van der Waals surface area contributed by atoms with Gasteiger partial charge in [0.15, 0.2) is 0 Å². The van der Waals surface area contributed by atoms with Crippen LogP contribution in [0.4, 0.5) is 0 Å². The summed E-state index contributed by atoms with van der Waals surface area (Å²) in [7, 11) is 1.64. The summed E-state index contributed by atoms with van der Waals surface area (Å²) < 4.78 is 5.32. The zero-order valence-electron chi connectivity index (χ0n) is 11.6. The maximum Gasteiger partial charge on any atom is 0.223 e. The molecule has 3 N–H and O–H groups in total. The van der Waals surface area contributed by atoms with Crippen LogP contribution in [-0.2, 0) is 4.79 Å². The van der Waals surface area contributed by atoms with Gasteiger partial charge in [0.2, 0.25) is 5.91 Å². The van der Waals surface area contributed by atoms with Gasteiger partial charge in [-0.15, -0.1) is 0 Å². The zero-order valence-corrected chi connectivity index (χ0v) is 11.6. The van der Waals surface area contributed by atoms with Gasteiger partial charge in [0.1, 0.15) is 5.75 Å². The van der Waals surface area contributed by atoms with Crippen molar-refractivity contribution in [2.24, 2.45) is 11.7 Å². The number of methoxy groups -OCH3 is 1. The summed E-state index contributed by atoms with van der Waals surface area (Å²) in [6.45, 7) is 1.98. The average Bonchev–Trinajstić information content (AvgIpc) is 2.85. The van der Waals surface area contributed by atoms with Crippen LogP contribution >= 0.6 is 0 Å². The number of nitrogens with one attached hydrogen (secondary N) is 1. The van der Waals surface area contributed by atoms with Gasteiger partial charge in [-0.3, -0.25) is 4.79 Å². The molecule has 1 aromatic carbocycles. The Morgan fingerprint density at radius 2 is 2.16 bits per heavy atom. The van der Waals surface area contributed by atoms with Crippen LogP contribution in [0.1, 0.15) is 37.8 Å². The monoisotopic (exact) mass is 262 g/mol. The number of nitrogens with two attached hydrogens (primary N) is 1. The maximum absolute atomic E-state index is 12.2. The molecule has 0 aromatic heterocycles. The van der Waals surface area contributed by atoms with Crippen molar-refractivity contribution in [2.75, 3.05) is 7.11 Å². The number of carbonyl (C=O) groups excluding carboxylic acids is 1. The largest absolute Gasteiger partial charge is 0.496 e. The van der Waals surface area contributed by atoms with Crippen molar-refractivity contribution in [3.8, 4) is 5.75 Å². The van der Waals surface area contributed by atoms with E-state index in [2.05, 4.69) is 5.32 Å². The minimum atomic E-state index is -0.0551. The number of para-hydroxylation sites is 1. The molecule has 2 rings (SSSR count). The van der Waals surface area contributed by atoms with E-state index in [9.17, 15) is 4.79 Å². The van der Waals surface area contributed by atoms with Crippen molar-refractivity contribution in [3.63, 3.8) is 0 Å². The third-order valence-electron chi connectivity index (χ3n) is 3.81. The number of ether oxygens (including phenoxy) is 1. The van der Waals surface area contributed by atoms with E-state index >= 15 is 0 Å². The molecule has 0 spiro atoms. The molecule has 19 heavy (non-hydrogen) atoms. The van der Waals surface area contributed by atoms with Crippen LogP contribution in [-0.4, -0.2) is 19.1 Å². The molecule has 4 heteroatoms. The third-order valence-corrected chi connectivity index (χ3v) is 3.81. The van der Waals surface area contributed by atoms with Crippen molar-refractivity contribution in [3.05, 3.63) is 29.8 Å². The Bertz CT molecular complexity index is 448. The van der Waals surface area contributed by atoms with Gasteiger partial charge >= 0.3 is 0 Å². The number of rotatable bonds is 4.